The largest absolute Gasteiger partial charge is 0.314 e. The van der Waals surface area contributed by atoms with Crippen LogP contribution in [0, 0.1) is 0 Å². The van der Waals surface area contributed by atoms with Crippen LogP contribution in [-0.2, 0) is 4.79 Å². The lowest BCUT2D eigenvalue weighted by Crippen LogP contribution is -2.38. The fourth-order valence-electron chi connectivity index (χ4n) is 1.24. The summed E-state index contributed by atoms with van der Waals surface area (Å²) in [6, 6.07) is 4.01. The van der Waals surface area contributed by atoms with Crippen molar-refractivity contribution in [3.8, 4) is 0 Å². The molecular formula is C12H19N3O. The van der Waals surface area contributed by atoms with Crippen molar-refractivity contribution >= 4 is 11.6 Å². The van der Waals surface area contributed by atoms with E-state index in [0.29, 0.717) is 12.6 Å². The van der Waals surface area contributed by atoms with Crippen LogP contribution in [-0.4, -0.2) is 30.5 Å². The van der Waals surface area contributed by atoms with Gasteiger partial charge in [0, 0.05) is 31.2 Å². The maximum Gasteiger partial charge on any atom is 0.240 e. The molecule has 0 aliphatic carbocycles. The number of carbonyl (C=O) groups excluding carboxylic acids is 1. The number of pyridine rings is 1. The predicted octanol–water partition coefficient (Wildman–Crippen LogP) is 1.43. The van der Waals surface area contributed by atoms with E-state index in [-0.39, 0.29) is 5.91 Å². The Morgan fingerprint density at radius 2 is 2.12 bits per heavy atom. The van der Waals surface area contributed by atoms with Gasteiger partial charge in [0.15, 0.2) is 0 Å². The summed E-state index contributed by atoms with van der Waals surface area (Å²) in [5, 5.41) is 3.18. The number of anilines is 1. The lowest BCUT2D eigenvalue weighted by Gasteiger charge is -2.18. The molecule has 16 heavy (non-hydrogen) atoms. The molecule has 1 rings (SSSR count). The summed E-state index contributed by atoms with van der Waals surface area (Å²) in [6.45, 7) is 4.53. The molecule has 88 valence electrons. The topological polar surface area (TPSA) is 45.2 Å². The number of amides is 1. The van der Waals surface area contributed by atoms with E-state index in [0.717, 1.165) is 12.1 Å². The van der Waals surface area contributed by atoms with E-state index >= 15 is 0 Å². The number of likely N-dealkylation sites (N-methyl/N-ethyl adjacent to an activating group) is 1. The first kappa shape index (κ1) is 12.6. The molecule has 4 heteroatoms. The van der Waals surface area contributed by atoms with Crippen molar-refractivity contribution in [3.05, 3.63) is 24.5 Å². The maximum absolute atomic E-state index is 11.8. The minimum absolute atomic E-state index is 0.0616. The Bertz CT molecular complexity index is 326. The molecule has 0 radical (unpaired) electrons. The number of hydrogen-bond acceptors (Lipinski definition) is 3. The zero-order chi connectivity index (χ0) is 12.0. The van der Waals surface area contributed by atoms with Crippen LogP contribution < -0.4 is 10.2 Å². The highest BCUT2D eigenvalue weighted by atomic mass is 16.2. The first-order valence-electron chi connectivity index (χ1n) is 5.55. The maximum atomic E-state index is 11.8. The van der Waals surface area contributed by atoms with E-state index in [4.69, 9.17) is 0 Å². The molecule has 0 aromatic carbocycles. The van der Waals surface area contributed by atoms with E-state index in [1.165, 1.54) is 0 Å². The Hall–Kier alpha value is -1.42. The second-order valence-corrected chi connectivity index (χ2v) is 3.85. The van der Waals surface area contributed by atoms with E-state index in [9.17, 15) is 4.79 Å². The molecule has 0 saturated carbocycles. The van der Waals surface area contributed by atoms with Crippen molar-refractivity contribution in [2.45, 2.75) is 26.3 Å². The highest BCUT2D eigenvalue weighted by molar-refractivity contribution is 5.94. The number of aromatic nitrogens is 1. The second-order valence-electron chi connectivity index (χ2n) is 3.85. The van der Waals surface area contributed by atoms with Crippen molar-refractivity contribution in [1.29, 1.82) is 0 Å². The summed E-state index contributed by atoms with van der Waals surface area (Å²) < 4.78 is 0. The molecule has 4 nitrogen and oxygen atoms in total. The van der Waals surface area contributed by atoms with Gasteiger partial charge in [0.1, 0.15) is 0 Å². The third-order valence-electron chi connectivity index (χ3n) is 2.64. The Morgan fingerprint density at radius 3 is 2.69 bits per heavy atom. The van der Waals surface area contributed by atoms with E-state index in [1.54, 1.807) is 24.3 Å². The zero-order valence-electron chi connectivity index (χ0n) is 10.1. The van der Waals surface area contributed by atoms with Gasteiger partial charge < -0.3 is 10.2 Å². The van der Waals surface area contributed by atoms with Gasteiger partial charge in [-0.2, -0.15) is 0 Å². The molecule has 0 aliphatic heterocycles. The number of carbonyl (C=O) groups is 1. The standard InChI is InChI=1S/C12H19N3O/c1-4-10(2)14-9-12(16)15(3)11-5-7-13-8-6-11/h5-8,10,14H,4,9H2,1-3H3. The van der Waals surface area contributed by atoms with Gasteiger partial charge >= 0.3 is 0 Å². The van der Waals surface area contributed by atoms with Crippen molar-refractivity contribution in [2.75, 3.05) is 18.5 Å². The van der Waals surface area contributed by atoms with Crippen LogP contribution in [0.4, 0.5) is 5.69 Å². The number of nitrogens with one attached hydrogen (secondary N) is 1. The Morgan fingerprint density at radius 1 is 1.50 bits per heavy atom. The Labute approximate surface area is 96.7 Å². The molecule has 0 spiro atoms. The molecule has 0 fully saturated rings. The van der Waals surface area contributed by atoms with Crippen LogP contribution in [0.25, 0.3) is 0 Å². The molecule has 1 N–H and O–H groups in total. The van der Waals surface area contributed by atoms with Crippen molar-refractivity contribution in [3.63, 3.8) is 0 Å². The van der Waals surface area contributed by atoms with Crippen molar-refractivity contribution in [1.82, 2.24) is 10.3 Å². The number of nitrogens with zero attached hydrogens (tertiary/aromatic N) is 2. The van der Waals surface area contributed by atoms with Crippen molar-refractivity contribution < 1.29 is 4.79 Å². The minimum Gasteiger partial charge on any atom is -0.314 e. The SMILES string of the molecule is CCC(C)NCC(=O)N(C)c1ccncc1. The van der Waals surface area contributed by atoms with Gasteiger partial charge in [-0.05, 0) is 25.5 Å². The average molecular weight is 221 g/mol. The molecule has 1 atom stereocenters. The lowest BCUT2D eigenvalue weighted by molar-refractivity contribution is -0.117. The van der Waals surface area contributed by atoms with Crippen LogP contribution in [0.2, 0.25) is 0 Å². The average Bonchev–Trinajstić information content (AvgIpc) is 2.35. The summed E-state index contributed by atoms with van der Waals surface area (Å²) in [4.78, 5) is 17.4. The third-order valence-corrected chi connectivity index (χ3v) is 2.64. The highest BCUT2D eigenvalue weighted by Crippen LogP contribution is 2.09. The second kappa shape index (κ2) is 6.23. The minimum atomic E-state index is 0.0616. The molecule has 1 aromatic heterocycles. The Balaban J connectivity index is 2.49. The van der Waals surface area contributed by atoms with Gasteiger partial charge in [-0.3, -0.25) is 9.78 Å². The molecular weight excluding hydrogens is 202 g/mol. The highest BCUT2D eigenvalue weighted by Gasteiger charge is 2.10. The molecule has 0 saturated heterocycles. The number of rotatable bonds is 5. The van der Waals surface area contributed by atoms with Gasteiger partial charge in [-0.1, -0.05) is 6.92 Å². The van der Waals surface area contributed by atoms with Crippen LogP contribution in [0.1, 0.15) is 20.3 Å². The van der Waals surface area contributed by atoms with E-state index in [2.05, 4.69) is 24.1 Å². The molecule has 1 unspecified atom stereocenters. The third kappa shape index (κ3) is 3.62. The molecule has 0 aliphatic rings. The van der Waals surface area contributed by atoms with Crippen LogP contribution in [0.5, 0.6) is 0 Å². The first-order valence-corrected chi connectivity index (χ1v) is 5.55. The quantitative estimate of drug-likeness (QED) is 0.818. The zero-order valence-corrected chi connectivity index (χ0v) is 10.1. The smallest absolute Gasteiger partial charge is 0.240 e. The van der Waals surface area contributed by atoms with Crippen molar-refractivity contribution in [2.24, 2.45) is 0 Å². The summed E-state index contributed by atoms with van der Waals surface area (Å²) in [7, 11) is 1.77. The van der Waals surface area contributed by atoms with Crippen LogP contribution >= 0.6 is 0 Å². The van der Waals surface area contributed by atoms with E-state index < -0.39 is 0 Å². The Kier molecular flexibility index (Phi) is 4.92. The normalized spacial score (nSPS) is 12.2. The van der Waals surface area contributed by atoms with Gasteiger partial charge in [0.05, 0.1) is 6.54 Å². The summed E-state index contributed by atoms with van der Waals surface area (Å²) >= 11 is 0. The summed E-state index contributed by atoms with van der Waals surface area (Å²) in [5.41, 5.74) is 0.867. The van der Waals surface area contributed by atoms with Gasteiger partial charge in [-0.15, -0.1) is 0 Å². The fraction of sp³-hybridized carbons (Fsp3) is 0.500. The predicted molar refractivity (Wildman–Crippen MR) is 65.4 cm³/mol. The molecule has 0 bridgehead atoms. The first-order chi connectivity index (χ1) is 7.65. The van der Waals surface area contributed by atoms with Crippen LogP contribution in [0.15, 0.2) is 24.5 Å². The summed E-state index contributed by atoms with van der Waals surface area (Å²) in [5.74, 6) is 0.0616. The van der Waals surface area contributed by atoms with Gasteiger partial charge in [-0.25, -0.2) is 0 Å². The fourth-order valence-corrected chi connectivity index (χ4v) is 1.24. The molecule has 1 aromatic rings. The van der Waals surface area contributed by atoms with Crippen LogP contribution in [0.3, 0.4) is 0 Å². The van der Waals surface area contributed by atoms with Gasteiger partial charge in [0.25, 0.3) is 0 Å². The summed E-state index contributed by atoms with van der Waals surface area (Å²) in [6.07, 6.45) is 4.38. The number of hydrogen-bond donors (Lipinski definition) is 1. The molecule has 1 amide bonds. The monoisotopic (exact) mass is 221 g/mol. The van der Waals surface area contributed by atoms with E-state index in [1.807, 2.05) is 12.1 Å². The molecule has 1 heterocycles. The lowest BCUT2D eigenvalue weighted by atomic mass is 10.2. The van der Waals surface area contributed by atoms with Gasteiger partial charge in [0.2, 0.25) is 5.91 Å².